The maximum Gasteiger partial charge on any atom is 1.00 e. The van der Waals surface area contributed by atoms with Crippen LogP contribution >= 0.6 is 0 Å². The van der Waals surface area contributed by atoms with Gasteiger partial charge in [-0.15, -0.1) is 5.47 Å². The molecule has 0 saturated carbocycles. The summed E-state index contributed by atoms with van der Waals surface area (Å²) in [7, 11) is 0. The number of amides is 1. The Bertz CT molecular complexity index is 339. The molecular formula is C10H16BF3KNO2. The third-order valence-electron chi connectivity index (χ3n) is 2.32. The van der Waals surface area contributed by atoms with Crippen molar-refractivity contribution in [3.05, 3.63) is 11.5 Å². The number of ether oxygens (including phenoxy) is 1. The zero-order valence-electron chi connectivity index (χ0n) is 11.2. The first kappa shape index (κ1) is 18.5. The molecule has 18 heavy (non-hydrogen) atoms. The zero-order valence-corrected chi connectivity index (χ0v) is 14.3. The minimum Gasteiger partial charge on any atom is -0.445 e. The van der Waals surface area contributed by atoms with Gasteiger partial charge in [-0.1, -0.05) is 6.08 Å². The SMILES string of the molecule is CC(C)(C)OC(=O)N1CC=C([B-](F)(F)F)CC1.[K+]. The van der Waals surface area contributed by atoms with Crippen LogP contribution in [-0.2, 0) is 4.74 Å². The van der Waals surface area contributed by atoms with Crippen molar-refractivity contribution in [2.24, 2.45) is 0 Å². The Balaban J connectivity index is 0.00000289. The number of carbonyl (C=O) groups excluding carboxylic acids is 1. The van der Waals surface area contributed by atoms with Crippen molar-refractivity contribution in [2.75, 3.05) is 13.1 Å². The first-order valence-electron chi connectivity index (χ1n) is 5.46. The first-order chi connectivity index (χ1) is 7.59. The average molecular weight is 289 g/mol. The molecule has 0 aromatic carbocycles. The van der Waals surface area contributed by atoms with Gasteiger partial charge in [0.05, 0.1) is 0 Å². The van der Waals surface area contributed by atoms with Crippen LogP contribution in [0.25, 0.3) is 0 Å². The van der Waals surface area contributed by atoms with E-state index in [9.17, 15) is 17.7 Å². The summed E-state index contributed by atoms with van der Waals surface area (Å²) >= 11 is 0. The van der Waals surface area contributed by atoms with Gasteiger partial charge in [0.1, 0.15) is 5.60 Å². The van der Waals surface area contributed by atoms with E-state index in [4.69, 9.17) is 4.74 Å². The molecule has 1 aliphatic rings. The molecule has 1 heterocycles. The molecule has 1 aliphatic heterocycles. The summed E-state index contributed by atoms with van der Waals surface area (Å²) in [6, 6.07) is 0. The van der Waals surface area contributed by atoms with Crippen LogP contribution in [0.1, 0.15) is 27.2 Å². The van der Waals surface area contributed by atoms with Crippen molar-refractivity contribution in [2.45, 2.75) is 32.8 Å². The summed E-state index contributed by atoms with van der Waals surface area (Å²) in [6.07, 6.45) is 0.346. The Kier molecular flexibility index (Phi) is 6.97. The molecule has 8 heteroatoms. The van der Waals surface area contributed by atoms with Crippen LogP contribution in [0.5, 0.6) is 0 Å². The molecule has 0 aliphatic carbocycles. The van der Waals surface area contributed by atoms with E-state index in [1.807, 2.05) is 0 Å². The Morgan fingerprint density at radius 2 is 1.94 bits per heavy atom. The molecule has 0 bridgehead atoms. The van der Waals surface area contributed by atoms with E-state index >= 15 is 0 Å². The minimum absolute atomic E-state index is 0. The van der Waals surface area contributed by atoms with Gasteiger partial charge in [0.2, 0.25) is 0 Å². The van der Waals surface area contributed by atoms with Crippen molar-refractivity contribution >= 4 is 13.1 Å². The number of carbonyl (C=O) groups is 1. The largest absolute Gasteiger partial charge is 1.00 e. The molecule has 0 N–H and O–H groups in total. The quantitative estimate of drug-likeness (QED) is 0.633. The third kappa shape index (κ3) is 6.10. The van der Waals surface area contributed by atoms with Crippen LogP contribution in [0.2, 0.25) is 0 Å². The van der Waals surface area contributed by atoms with E-state index < -0.39 is 24.1 Å². The average Bonchev–Trinajstić information content (AvgIpc) is 2.14. The molecule has 98 valence electrons. The van der Waals surface area contributed by atoms with Crippen molar-refractivity contribution in [1.82, 2.24) is 4.90 Å². The minimum atomic E-state index is -4.92. The molecule has 0 spiro atoms. The zero-order chi connectivity index (χ0) is 13.3. The standard InChI is InChI=1S/C10H16BF3NO2.K/c1-10(2,3)17-9(16)15-6-4-8(5-7-15)11(12,13)14;/h4H,5-7H2,1-3H3;/q-1;+1. The third-order valence-corrected chi connectivity index (χ3v) is 2.32. The maximum atomic E-state index is 12.4. The molecule has 0 aromatic rings. The molecule has 0 atom stereocenters. The molecular weight excluding hydrogens is 273 g/mol. The van der Waals surface area contributed by atoms with E-state index in [-0.39, 0.29) is 70.9 Å². The van der Waals surface area contributed by atoms with Crippen molar-refractivity contribution in [3.8, 4) is 0 Å². The number of hydrogen-bond acceptors (Lipinski definition) is 2. The fourth-order valence-electron chi connectivity index (χ4n) is 1.47. The van der Waals surface area contributed by atoms with Crippen LogP contribution in [-0.4, -0.2) is 36.7 Å². The Labute approximate surface area is 148 Å². The fourth-order valence-corrected chi connectivity index (χ4v) is 1.47. The number of halogens is 3. The summed E-state index contributed by atoms with van der Waals surface area (Å²) < 4.78 is 42.3. The first-order valence-corrected chi connectivity index (χ1v) is 5.46. The van der Waals surface area contributed by atoms with E-state index in [1.165, 1.54) is 4.90 Å². The molecule has 0 unspecified atom stereocenters. The summed E-state index contributed by atoms with van der Waals surface area (Å²) in [5, 5.41) is 0. The second-order valence-electron chi connectivity index (χ2n) is 5.03. The molecule has 0 radical (unpaired) electrons. The van der Waals surface area contributed by atoms with E-state index in [2.05, 4.69) is 0 Å². The van der Waals surface area contributed by atoms with Gasteiger partial charge in [0.15, 0.2) is 0 Å². The van der Waals surface area contributed by atoms with Gasteiger partial charge in [-0.2, -0.15) is 0 Å². The van der Waals surface area contributed by atoms with Gasteiger partial charge in [-0.25, -0.2) is 4.79 Å². The summed E-state index contributed by atoms with van der Waals surface area (Å²) in [5.74, 6) is 0. The predicted molar refractivity (Wildman–Crippen MR) is 59.6 cm³/mol. The van der Waals surface area contributed by atoms with Gasteiger partial charge >= 0.3 is 64.5 Å². The predicted octanol–water partition coefficient (Wildman–Crippen LogP) is -0.0558. The van der Waals surface area contributed by atoms with Crippen LogP contribution in [0.15, 0.2) is 11.5 Å². The Morgan fingerprint density at radius 1 is 1.39 bits per heavy atom. The molecule has 1 amide bonds. The smallest absolute Gasteiger partial charge is 0.445 e. The van der Waals surface area contributed by atoms with Crippen LogP contribution in [0.3, 0.4) is 0 Å². The summed E-state index contributed by atoms with van der Waals surface area (Å²) in [5.41, 5.74) is -1.14. The van der Waals surface area contributed by atoms with Crippen LogP contribution in [0, 0.1) is 0 Å². The van der Waals surface area contributed by atoms with Crippen LogP contribution < -0.4 is 51.4 Å². The van der Waals surface area contributed by atoms with Crippen molar-refractivity contribution in [1.29, 1.82) is 0 Å². The molecule has 0 aromatic heterocycles. The molecule has 0 fully saturated rings. The maximum absolute atomic E-state index is 12.4. The number of nitrogens with zero attached hydrogens (tertiary/aromatic N) is 1. The van der Waals surface area contributed by atoms with E-state index in [0.717, 1.165) is 6.08 Å². The molecule has 0 saturated heterocycles. The summed E-state index contributed by atoms with van der Waals surface area (Å²) in [4.78, 5) is 12.8. The molecule has 3 nitrogen and oxygen atoms in total. The topological polar surface area (TPSA) is 29.5 Å². The van der Waals surface area contributed by atoms with Gasteiger partial charge in [-0.05, 0) is 27.2 Å². The van der Waals surface area contributed by atoms with Crippen molar-refractivity contribution in [3.63, 3.8) is 0 Å². The summed E-state index contributed by atoms with van der Waals surface area (Å²) in [6.45, 7) is 0.254. The second kappa shape index (κ2) is 6.79. The van der Waals surface area contributed by atoms with Crippen LogP contribution in [0.4, 0.5) is 17.7 Å². The van der Waals surface area contributed by atoms with Gasteiger partial charge in [-0.3, -0.25) is 0 Å². The van der Waals surface area contributed by atoms with E-state index in [1.54, 1.807) is 20.8 Å². The van der Waals surface area contributed by atoms with Gasteiger partial charge in [0.25, 0.3) is 0 Å². The number of hydrogen-bond donors (Lipinski definition) is 0. The normalized spacial score (nSPS) is 16.8. The Morgan fingerprint density at radius 3 is 2.28 bits per heavy atom. The fraction of sp³-hybridized carbons (Fsp3) is 0.700. The Hall–Kier alpha value is 0.501. The number of rotatable bonds is 1. The monoisotopic (exact) mass is 289 g/mol. The van der Waals surface area contributed by atoms with Crippen molar-refractivity contribution < 1.29 is 73.9 Å². The molecule has 1 rings (SSSR count). The van der Waals surface area contributed by atoms with Gasteiger partial charge in [0, 0.05) is 13.1 Å². The second-order valence-corrected chi connectivity index (χ2v) is 5.03. The van der Waals surface area contributed by atoms with E-state index in [0.29, 0.717) is 0 Å². The van der Waals surface area contributed by atoms with Gasteiger partial charge < -0.3 is 22.6 Å².